The van der Waals surface area contributed by atoms with Crippen LogP contribution in [0.3, 0.4) is 0 Å². The molecule has 0 aliphatic carbocycles. The van der Waals surface area contributed by atoms with E-state index >= 15 is 0 Å². The summed E-state index contributed by atoms with van der Waals surface area (Å²) in [6, 6.07) is 15.4. The largest absolute Gasteiger partial charge is 0.492 e. The highest BCUT2D eigenvalue weighted by molar-refractivity contribution is 7.19. The molecule has 5 N–H and O–H groups in total. The second kappa shape index (κ2) is 11.5. The van der Waals surface area contributed by atoms with E-state index in [1.807, 2.05) is 48.5 Å². The number of nitrogens with one attached hydrogen (secondary N) is 2. The lowest BCUT2D eigenvalue weighted by Gasteiger charge is -2.14. The van der Waals surface area contributed by atoms with Gasteiger partial charge < -0.3 is 20.9 Å². The summed E-state index contributed by atoms with van der Waals surface area (Å²) in [5.74, 6) is -0.689. The number of aliphatic carboxylic acids is 1. The number of thiophene rings is 1. The quantitative estimate of drug-likeness (QED) is 0.270. The van der Waals surface area contributed by atoms with E-state index in [0.717, 1.165) is 39.2 Å². The summed E-state index contributed by atoms with van der Waals surface area (Å²) < 4.78 is 6.90. The Bertz CT molecular complexity index is 1070. The molecule has 6 nitrogen and oxygen atoms in total. The van der Waals surface area contributed by atoms with Gasteiger partial charge in [0.25, 0.3) is 0 Å². The molecule has 0 radical (unpaired) electrons. The first kappa shape index (κ1) is 25.9. The van der Waals surface area contributed by atoms with E-state index in [1.165, 1.54) is 6.42 Å². The predicted octanol–water partition coefficient (Wildman–Crippen LogP) is 4.57. The Morgan fingerprint density at radius 3 is 2.59 bits per heavy atom. The van der Waals surface area contributed by atoms with E-state index in [4.69, 9.17) is 15.9 Å². The molecule has 9 heteroatoms. The molecule has 2 aromatic carbocycles. The van der Waals surface area contributed by atoms with Crippen LogP contribution in [0.15, 0.2) is 48.5 Å². The number of fused-ring (bicyclic) bond motifs is 1. The van der Waals surface area contributed by atoms with E-state index in [2.05, 4.69) is 5.32 Å². The van der Waals surface area contributed by atoms with Crippen molar-refractivity contribution in [2.75, 3.05) is 13.2 Å². The van der Waals surface area contributed by atoms with E-state index in [9.17, 15) is 9.90 Å². The second-order valence-electron chi connectivity index (χ2n) is 7.65. The fraction of sp³-hybridized carbons (Fsp3) is 0.304. The van der Waals surface area contributed by atoms with Gasteiger partial charge in [-0.2, -0.15) is 0 Å². The van der Waals surface area contributed by atoms with Crippen LogP contribution < -0.4 is 15.8 Å². The first-order chi connectivity index (χ1) is 14.5. The first-order valence-electron chi connectivity index (χ1n) is 10.1. The summed E-state index contributed by atoms with van der Waals surface area (Å²) in [4.78, 5) is 13.0. The average molecular weight is 496 g/mol. The van der Waals surface area contributed by atoms with Crippen LogP contribution in [-0.2, 0) is 11.2 Å². The van der Waals surface area contributed by atoms with Gasteiger partial charge in [0.2, 0.25) is 0 Å². The van der Waals surface area contributed by atoms with Crippen molar-refractivity contribution in [3.05, 3.63) is 64.5 Å². The van der Waals surface area contributed by atoms with Crippen LogP contribution >= 0.6 is 36.2 Å². The van der Waals surface area contributed by atoms with Crippen LogP contribution in [-0.4, -0.2) is 36.1 Å². The second-order valence-corrected chi connectivity index (χ2v) is 8.82. The van der Waals surface area contributed by atoms with Gasteiger partial charge in [0, 0.05) is 21.2 Å². The van der Waals surface area contributed by atoms with Crippen molar-refractivity contribution in [1.29, 1.82) is 5.41 Å². The number of carbonyl (C=O) groups is 1. The molecule has 1 aliphatic heterocycles. The van der Waals surface area contributed by atoms with Crippen molar-refractivity contribution in [1.82, 2.24) is 5.32 Å². The number of amidine groups is 1. The Kier molecular flexibility index (Phi) is 9.33. The minimum Gasteiger partial charge on any atom is -0.492 e. The van der Waals surface area contributed by atoms with Crippen LogP contribution in [0.2, 0.25) is 0 Å². The summed E-state index contributed by atoms with van der Waals surface area (Å²) in [6.45, 7) is 1.67. The number of benzene rings is 2. The number of nitrogens with two attached hydrogens (primary N) is 1. The SMILES string of the molecule is Cl.Cl.N=C(N)c1ccc2sc(CC(C(=O)O)c3ccc(OC[C@H]4CCCN4)cc3)cc2c1. The van der Waals surface area contributed by atoms with Crippen molar-refractivity contribution in [3.8, 4) is 5.75 Å². The predicted molar refractivity (Wildman–Crippen MR) is 134 cm³/mol. The number of hydrogen-bond donors (Lipinski definition) is 4. The van der Waals surface area contributed by atoms with Crippen molar-refractivity contribution in [2.45, 2.75) is 31.2 Å². The molecule has 1 unspecified atom stereocenters. The molecule has 0 bridgehead atoms. The number of carboxylic acids is 1. The standard InChI is InChI=1S/C23H25N3O3S.2ClH/c24-22(25)15-5-8-21-16(10-15)11-19(30-21)12-20(23(27)28)14-3-6-18(7-4-14)29-13-17-2-1-9-26-17;;/h3-8,10-11,17,20,26H,1-2,9,12-13H2,(H3,24,25)(H,27,28);2*1H/t17-,20?;;/m1../s1. The van der Waals surface area contributed by atoms with Gasteiger partial charge in [-0.3, -0.25) is 10.2 Å². The normalized spacial score (nSPS) is 16.1. The molecule has 0 saturated carbocycles. The van der Waals surface area contributed by atoms with Gasteiger partial charge >= 0.3 is 5.97 Å². The van der Waals surface area contributed by atoms with Gasteiger partial charge in [-0.15, -0.1) is 36.2 Å². The molecule has 1 fully saturated rings. The van der Waals surface area contributed by atoms with E-state index in [0.29, 0.717) is 24.6 Å². The van der Waals surface area contributed by atoms with Crippen molar-refractivity contribution in [3.63, 3.8) is 0 Å². The van der Waals surface area contributed by atoms with Crippen molar-refractivity contribution >= 4 is 58.0 Å². The zero-order valence-corrected chi connectivity index (χ0v) is 19.8. The highest BCUT2D eigenvalue weighted by Gasteiger charge is 2.22. The van der Waals surface area contributed by atoms with Crippen LogP contribution in [0.25, 0.3) is 10.1 Å². The van der Waals surface area contributed by atoms with Crippen LogP contribution in [0.4, 0.5) is 0 Å². The molecule has 0 amide bonds. The third-order valence-electron chi connectivity index (χ3n) is 5.48. The Morgan fingerprint density at radius 1 is 1.22 bits per heavy atom. The van der Waals surface area contributed by atoms with Gasteiger partial charge in [0.15, 0.2) is 0 Å². The van der Waals surface area contributed by atoms with Crippen LogP contribution in [0.5, 0.6) is 5.75 Å². The van der Waals surface area contributed by atoms with Crippen LogP contribution in [0.1, 0.15) is 34.8 Å². The molecule has 3 aromatic rings. The molecule has 32 heavy (non-hydrogen) atoms. The third-order valence-corrected chi connectivity index (χ3v) is 6.62. The number of ether oxygens (including phenoxy) is 1. The van der Waals surface area contributed by atoms with E-state index in [1.54, 1.807) is 11.3 Å². The lowest BCUT2D eigenvalue weighted by molar-refractivity contribution is -0.138. The van der Waals surface area contributed by atoms with Gasteiger partial charge in [0.05, 0.1) is 5.92 Å². The smallest absolute Gasteiger partial charge is 0.311 e. The molecular weight excluding hydrogens is 469 g/mol. The number of rotatable bonds is 8. The first-order valence-corrected chi connectivity index (χ1v) is 10.9. The zero-order valence-electron chi connectivity index (χ0n) is 17.4. The molecule has 0 spiro atoms. The van der Waals surface area contributed by atoms with Crippen molar-refractivity contribution in [2.24, 2.45) is 5.73 Å². The third kappa shape index (κ3) is 6.13. The molecular formula is C23H27Cl2N3O3S. The molecule has 2 heterocycles. The number of hydrogen-bond acceptors (Lipinski definition) is 5. The van der Waals surface area contributed by atoms with Gasteiger partial charge in [-0.05, 0) is 73.2 Å². The number of carboxylic acid groups (broad SMARTS) is 1. The topological polar surface area (TPSA) is 108 Å². The fourth-order valence-corrected chi connectivity index (χ4v) is 4.90. The Morgan fingerprint density at radius 2 is 1.97 bits per heavy atom. The molecule has 1 aromatic heterocycles. The lowest BCUT2D eigenvalue weighted by atomic mass is 9.95. The Balaban J connectivity index is 0.00000181. The minimum absolute atomic E-state index is 0. The monoisotopic (exact) mass is 495 g/mol. The van der Waals surface area contributed by atoms with Gasteiger partial charge in [0.1, 0.15) is 18.2 Å². The molecule has 172 valence electrons. The molecule has 1 saturated heterocycles. The highest BCUT2D eigenvalue weighted by atomic mass is 35.5. The molecule has 1 aliphatic rings. The summed E-state index contributed by atoms with van der Waals surface area (Å²) in [6.07, 6.45) is 2.72. The van der Waals surface area contributed by atoms with E-state index < -0.39 is 11.9 Å². The summed E-state index contributed by atoms with van der Waals surface area (Å²) in [5.41, 5.74) is 7.00. The summed E-state index contributed by atoms with van der Waals surface area (Å²) in [7, 11) is 0. The fourth-order valence-electron chi connectivity index (χ4n) is 3.81. The van der Waals surface area contributed by atoms with Gasteiger partial charge in [-0.1, -0.05) is 12.1 Å². The maximum Gasteiger partial charge on any atom is 0.311 e. The average Bonchev–Trinajstić information content (AvgIpc) is 3.39. The lowest BCUT2D eigenvalue weighted by Crippen LogP contribution is -2.28. The number of nitrogen functional groups attached to an aromatic ring is 1. The zero-order chi connectivity index (χ0) is 21.1. The van der Waals surface area contributed by atoms with Crippen LogP contribution in [0, 0.1) is 5.41 Å². The Hall–Kier alpha value is -2.32. The molecule has 4 rings (SSSR count). The van der Waals surface area contributed by atoms with Crippen molar-refractivity contribution < 1.29 is 14.6 Å². The maximum atomic E-state index is 12.0. The molecule has 2 atom stereocenters. The van der Waals surface area contributed by atoms with E-state index in [-0.39, 0.29) is 30.6 Å². The van der Waals surface area contributed by atoms with Gasteiger partial charge in [-0.25, -0.2) is 0 Å². The maximum absolute atomic E-state index is 12.0. The number of halogens is 2. The summed E-state index contributed by atoms with van der Waals surface area (Å²) >= 11 is 1.58. The Labute approximate surface area is 203 Å². The summed E-state index contributed by atoms with van der Waals surface area (Å²) in [5, 5.41) is 21.8. The minimum atomic E-state index is -0.847. The highest BCUT2D eigenvalue weighted by Crippen LogP contribution is 2.31.